The molecule has 0 aromatic rings. The van der Waals surface area contributed by atoms with Gasteiger partial charge in [-0.3, -0.25) is 24.8 Å². The summed E-state index contributed by atoms with van der Waals surface area (Å²) in [5.41, 5.74) is 2.18. The Hall–Kier alpha value is -1.59. The lowest BCUT2D eigenvalue weighted by molar-refractivity contribution is -0.144. The molecule has 0 aliphatic carbocycles. The molecule has 0 saturated carbocycles. The number of amides is 2. The van der Waals surface area contributed by atoms with Crippen molar-refractivity contribution in [1.82, 2.24) is 10.4 Å². The van der Waals surface area contributed by atoms with E-state index >= 15 is 0 Å². The number of carboxylic acid groups (broad SMARTS) is 1. The van der Waals surface area contributed by atoms with E-state index in [4.69, 9.17) is 5.11 Å². The predicted molar refractivity (Wildman–Crippen MR) is 43.4 cm³/mol. The number of nitrogens with zero attached hydrogens (tertiary/aromatic N) is 1. The van der Waals surface area contributed by atoms with Gasteiger partial charge in [-0.1, -0.05) is 6.92 Å². The largest absolute Gasteiger partial charge is 0.481 e. The van der Waals surface area contributed by atoms with Gasteiger partial charge in [0.1, 0.15) is 0 Å². The van der Waals surface area contributed by atoms with Gasteiger partial charge in [0.05, 0.1) is 5.92 Å². The number of rotatable bonds is 5. The first-order valence-electron chi connectivity index (χ1n) is 3.67. The molecule has 1 atom stereocenters. The summed E-state index contributed by atoms with van der Waals surface area (Å²) in [6.07, 6.45) is 0.275. The van der Waals surface area contributed by atoms with E-state index in [0.717, 1.165) is 5.01 Å². The van der Waals surface area contributed by atoms with Crippen molar-refractivity contribution in [1.29, 1.82) is 0 Å². The molecule has 13 heavy (non-hydrogen) atoms. The Morgan fingerprint density at radius 3 is 2.54 bits per heavy atom. The monoisotopic (exact) mass is 188 g/mol. The molecule has 0 spiro atoms. The number of nitrogens with one attached hydrogen (secondary N) is 1. The van der Waals surface area contributed by atoms with Crippen molar-refractivity contribution >= 4 is 18.3 Å². The summed E-state index contributed by atoms with van der Waals surface area (Å²) in [7, 11) is 1.36. The van der Waals surface area contributed by atoms with Gasteiger partial charge in [-0.05, 0) is 0 Å². The molecule has 0 rings (SSSR count). The minimum Gasteiger partial charge on any atom is -0.481 e. The Kier molecular flexibility index (Phi) is 4.50. The Labute approximate surface area is 75.5 Å². The van der Waals surface area contributed by atoms with Crippen molar-refractivity contribution in [3.63, 3.8) is 0 Å². The second-order valence-electron chi connectivity index (χ2n) is 2.69. The smallest absolute Gasteiger partial charge is 0.306 e. The Balaban J connectivity index is 3.87. The van der Waals surface area contributed by atoms with Crippen LogP contribution in [0.3, 0.4) is 0 Å². The van der Waals surface area contributed by atoms with E-state index in [0.29, 0.717) is 6.41 Å². The average molecular weight is 188 g/mol. The minimum absolute atomic E-state index is 0.145. The fraction of sp³-hybridized carbons (Fsp3) is 0.571. The number of hydrazine groups is 1. The van der Waals surface area contributed by atoms with E-state index in [2.05, 4.69) is 5.43 Å². The third-order valence-electron chi connectivity index (χ3n) is 1.37. The first-order valence-corrected chi connectivity index (χ1v) is 3.67. The highest BCUT2D eigenvalue weighted by Crippen LogP contribution is 2.00. The van der Waals surface area contributed by atoms with Crippen molar-refractivity contribution in [3.05, 3.63) is 0 Å². The molecule has 0 aromatic heterocycles. The summed E-state index contributed by atoms with van der Waals surface area (Å²) in [5.74, 6) is -2.28. The number of hydrogen-bond donors (Lipinski definition) is 2. The van der Waals surface area contributed by atoms with E-state index in [1.54, 1.807) is 0 Å². The van der Waals surface area contributed by atoms with Gasteiger partial charge in [0.25, 0.3) is 0 Å². The average Bonchev–Trinajstić information content (AvgIpc) is 2.03. The fourth-order valence-electron chi connectivity index (χ4n) is 0.634. The minimum atomic E-state index is -1.04. The van der Waals surface area contributed by atoms with Crippen molar-refractivity contribution < 1.29 is 19.5 Å². The summed E-state index contributed by atoms with van der Waals surface area (Å²) in [6.45, 7) is 1.42. The first-order chi connectivity index (χ1) is 5.97. The van der Waals surface area contributed by atoms with Crippen LogP contribution < -0.4 is 5.43 Å². The molecule has 2 N–H and O–H groups in total. The summed E-state index contributed by atoms with van der Waals surface area (Å²) >= 11 is 0. The van der Waals surface area contributed by atoms with Crippen LogP contribution in [-0.4, -0.2) is 35.4 Å². The lowest BCUT2D eigenvalue weighted by atomic mass is 10.1. The molecule has 0 aliphatic rings. The second kappa shape index (κ2) is 5.13. The van der Waals surface area contributed by atoms with Crippen LogP contribution in [0.4, 0.5) is 0 Å². The molecule has 0 saturated heterocycles. The molecule has 74 valence electrons. The summed E-state index contributed by atoms with van der Waals surface area (Å²) in [4.78, 5) is 31.3. The highest BCUT2D eigenvalue weighted by Gasteiger charge is 2.15. The van der Waals surface area contributed by atoms with Crippen molar-refractivity contribution in [2.24, 2.45) is 5.92 Å². The van der Waals surface area contributed by atoms with Crippen molar-refractivity contribution in [2.45, 2.75) is 13.3 Å². The van der Waals surface area contributed by atoms with Crippen LogP contribution >= 0.6 is 0 Å². The number of carbonyl (C=O) groups is 3. The molecule has 0 aromatic carbocycles. The fourth-order valence-corrected chi connectivity index (χ4v) is 0.634. The predicted octanol–water partition coefficient (Wildman–Crippen LogP) is -0.783. The van der Waals surface area contributed by atoms with Crippen LogP contribution in [0.5, 0.6) is 0 Å². The maximum Gasteiger partial charge on any atom is 0.306 e. The molecular formula is C7H12N2O4. The van der Waals surface area contributed by atoms with Gasteiger partial charge in [-0.25, -0.2) is 0 Å². The van der Waals surface area contributed by atoms with Gasteiger partial charge >= 0.3 is 5.97 Å². The maximum atomic E-state index is 11.0. The van der Waals surface area contributed by atoms with Gasteiger partial charge in [0.15, 0.2) is 0 Å². The molecule has 0 fully saturated rings. The van der Waals surface area contributed by atoms with Crippen LogP contribution in [0.15, 0.2) is 0 Å². The van der Waals surface area contributed by atoms with E-state index in [9.17, 15) is 14.4 Å². The summed E-state index contributed by atoms with van der Waals surface area (Å²) < 4.78 is 0. The number of carbonyl (C=O) groups excluding carboxylic acids is 2. The van der Waals surface area contributed by atoms with Gasteiger partial charge in [-0.2, -0.15) is 0 Å². The second-order valence-corrected chi connectivity index (χ2v) is 2.69. The van der Waals surface area contributed by atoms with E-state index in [1.807, 2.05) is 0 Å². The van der Waals surface area contributed by atoms with Gasteiger partial charge < -0.3 is 5.11 Å². The van der Waals surface area contributed by atoms with Gasteiger partial charge in [0, 0.05) is 13.5 Å². The van der Waals surface area contributed by atoms with Crippen LogP contribution in [-0.2, 0) is 14.4 Å². The summed E-state index contributed by atoms with van der Waals surface area (Å²) in [5, 5.41) is 9.39. The Morgan fingerprint density at radius 2 is 2.15 bits per heavy atom. The zero-order chi connectivity index (χ0) is 10.4. The van der Waals surface area contributed by atoms with Crippen LogP contribution in [0, 0.1) is 5.92 Å². The normalized spacial score (nSPS) is 11.5. The molecule has 1 unspecified atom stereocenters. The zero-order valence-electron chi connectivity index (χ0n) is 7.48. The molecule has 6 nitrogen and oxygen atoms in total. The quantitative estimate of drug-likeness (QED) is 0.437. The van der Waals surface area contributed by atoms with E-state index in [-0.39, 0.29) is 6.42 Å². The summed E-state index contributed by atoms with van der Waals surface area (Å²) in [6, 6.07) is 0. The molecule has 0 bridgehead atoms. The topological polar surface area (TPSA) is 86.7 Å². The van der Waals surface area contributed by atoms with E-state index < -0.39 is 17.8 Å². The van der Waals surface area contributed by atoms with Crippen LogP contribution in [0.25, 0.3) is 0 Å². The molecular weight excluding hydrogens is 176 g/mol. The molecule has 0 aliphatic heterocycles. The van der Waals surface area contributed by atoms with Gasteiger partial charge in [-0.15, -0.1) is 0 Å². The SMILES string of the molecule is CC(CC(=O)NN(C)C=O)C(=O)O. The van der Waals surface area contributed by atoms with Crippen molar-refractivity contribution in [3.8, 4) is 0 Å². The van der Waals surface area contributed by atoms with Crippen LogP contribution in [0.2, 0.25) is 0 Å². The highest BCUT2D eigenvalue weighted by molar-refractivity contribution is 5.82. The lowest BCUT2D eigenvalue weighted by Crippen LogP contribution is -2.39. The maximum absolute atomic E-state index is 11.0. The molecule has 0 heterocycles. The molecule has 2 amide bonds. The third kappa shape index (κ3) is 4.78. The Morgan fingerprint density at radius 1 is 1.62 bits per heavy atom. The van der Waals surface area contributed by atoms with E-state index in [1.165, 1.54) is 14.0 Å². The number of aliphatic carboxylic acids is 1. The van der Waals surface area contributed by atoms with Gasteiger partial charge in [0.2, 0.25) is 12.3 Å². The zero-order valence-corrected chi connectivity index (χ0v) is 7.48. The third-order valence-corrected chi connectivity index (χ3v) is 1.37. The van der Waals surface area contributed by atoms with Crippen molar-refractivity contribution in [2.75, 3.05) is 7.05 Å². The lowest BCUT2D eigenvalue weighted by Gasteiger charge is -2.13. The standard InChI is InChI=1S/C7H12N2O4/c1-5(7(12)13)3-6(11)8-9(2)4-10/h4-5H,3H2,1-2H3,(H,8,11)(H,12,13). The Bertz CT molecular complexity index is 217. The molecule has 6 heteroatoms. The first kappa shape index (κ1) is 11.4. The highest BCUT2D eigenvalue weighted by atomic mass is 16.4. The molecule has 0 radical (unpaired) electrons. The number of carboxylic acids is 1. The number of hydrogen-bond acceptors (Lipinski definition) is 3. The van der Waals surface area contributed by atoms with Crippen LogP contribution in [0.1, 0.15) is 13.3 Å².